The summed E-state index contributed by atoms with van der Waals surface area (Å²) in [5.41, 5.74) is 1.37. The second kappa shape index (κ2) is 13.6. The second-order valence-electron chi connectivity index (χ2n) is 8.99. The fourth-order valence-electron chi connectivity index (χ4n) is 4.11. The van der Waals surface area contributed by atoms with Crippen molar-refractivity contribution in [1.29, 1.82) is 0 Å². The molecule has 2 aromatic carbocycles. The monoisotopic (exact) mass is 524 g/mol. The highest BCUT2D eigenvalue weighted by molar-refractivity contribution is 5.92. The summed E-state index contributed by atoms with van der Waals surface area (Å²) in [4.78, 5) is 32.2. The lowest BCUT2D eigenvalue weighted by atomic mass is 10.2. The lowest BCUT2D eigenvalue weighted by molar-refractivity contribution is -0.133. The van der Waals surface area contributed by atoms with E-state index in [-0.39, 0.29) is 37.4 Å². The zero-order valence-electron chi connectivity index (χ0n) is 21.5. The molecule has 2 heterocycles. The Morgan fingerprint density at radius 3 is 2.39 bits per heavy atom. The molecule has 3 amide bonds. The lowest BCUT2D eigenvalue weighted by Gasteiger charge is -2.31. The van der Waals surface area contributed by atoms with E-state index in [9.17, 15) is 14.0 Å². The second-order valence-corrected chi connectivity index (χ2v) is 8.99. The summed E-state index contributed by atoms with van der Waals surface area (Å²) in [6, 6.07) is 16.2. The van der Waals surface area contributed by atoms with Crippen molar-refractivity contribution in [2.24, 2.45) is 0 Å². The molecule has 9 nitrogen and oxygen atoms in total. The van der Waals surface area contributed by atoms with E-state index < -0.39 is 0 Å². The van der Waals surface area contributed by atoms with Gasteiger partial charge < -0.3 is 29.0 Å². The van der Waals surface area contributed by atoms with E-state index in [4.69, 9.17) is 13.9 Å². The van der Waals surface area contributed by atoms with Gasteiger partial charge in [-0.1, -0.05) is 12.1 Å². The van der Waals surface area contributed by atoms with Gasteiger partial charge in [-0.15, -0.1) is 0 Å². The molecule has 1 saturated heterocycles. The quantitative estimate of drug-likeness (QED) is 0.410. The minimum Gasteiger partial charge on any atom is -0.497 e. The van der Waals surface area contributed by atoms with Crippen LogP contribution in [0.5, 0.6) is 5.75 Å². The maximum Gasteiger partial charge on any atom is 0.322 e. The van der Waals surface area contributed by atoms with Crippen molar-refractivity contribution in [1.82, 2.24) is 14.7 Å². The Kier molecular flexibility index (Phi) is 9.71. The van der Waals surface area contributed by atoms with Crippen molar-refractivity contribution >= 4 is 17.6 Å². The first-order chi connectivity index (χ1) is 18.5. The Hall–Kier alpha value is -3.89. The number of nitrogens with one attached hydrogen (secondary N) is 1. The Balaban J connectivity index is 1.48. The summed E-state index contributed by atoms with van der Waals surface area (Å²) in [6.07, 6.45) is 1.55. The van der Waals surface area contributed by atoms with Crippen LogP contribution < -0.4 is 10.1 Å². The number of hydrogen-bond acceptors (Lipinski definition) is 6. The fraction of sp³-hybridized carbons (Fsp3) is 0.357. The SMILES string of the molecule is COc1ccc(NC(=O)N(CCN2CCOCC2)CC(=O)N(Cc2ccc(F)cc2)Cc2ccco2)cc1. The summed E-state index contributed by atoms with van der Waals surface area (Å²) in [5.74, 6) is 0.694. The predicted octanol–water partition coefficient (Wildman–Crippen LogP) is 3.82. The third-order valence-corrected chi connectivity index (χ3v) is 6.31. The number of hydrogen-bond donors (Lipinski definition) is 1. The zero-order valence-corrected chi connectivity index (χ0v) is 21.5. The van der Waals surface area contributed by atoms with Crippen LogP contribution in [-0.4, -0.2) is 79.7 Å². The molecule has 0 spiro atoms. The molecule has 3 aromatic rings. The van der Waals surface area contributed by atoms with Crippen molar-refractivity contribution < 1.29 is 27.9 Å². The van der Waals surface area contributed by atoms with Crippen molar-refractivity contribution in [3.05, 3.63) is 84.1 Å². The summed E-state index contributed by atoms with van der Waals surface area (Å²) in [7, 11) is 1.58. The predicted molar refractivity (Wildman–Crippen MR) is 140 cm³/mol. The highest BCUT2D eigenvalue weighted by Gasteiger charge is 2.24. The van der Waals surface area contributed by atoms with Crippen LogP contribution in [-0.2, 0) is 22.6 Å². The Morgan fingerprint density at radius 1 is 1.00 bits per heavy atom. The molecule has 1 aromatic heterocycles. The largest absolute Gasteiger partial charge is 0.497 e. The molecule has 1 fully saturated rings. The number of rotatable bonds is 11. The molecule has 0 saturated carbocycles. The first kappa shape index (κ1) is 27.2. The zero-order chi connectivity index (χ0) is 26.7. The number of halogens is 1. The number of furan rings is 1. The highest BCUT2D eigenvalue weighted by Crippen LogP contribution is 2.17. The van der Waals surface area contributed by atoms with E-state index >= 15 is 0 Å². The topological polar surface area (TPSA) is 87.5 Å². The van der Waals surface area contributed by atoms with E-state index in [1.165, 1.54) is 17.0 Å². The van der Waals surface area contributed by atoms with E-state index in [0.717, 1.165) is 18.7 Å². The number of anilines is 1. The first-order valence-corrected chi connectivity index (χ1v) is 12.5. The molecule has 0 atom stereocenters. The summed E-state index contributed by atoms with van der Waals surface area (Å²) in [5, 5.41) is 2.88. The van der Waals surface area contributed by atoms with Gasteiger partial charge in [0.15, 0.2) is 0 Å². The molecule has 0 radical (unpaired) electrons. The number of carbonyl (C=O) groups is 2. The average molecular weight is 525 g/mol. The lowest BCUT2D eigenvalue weighted by Crippen LogP contribution is -2.48. The molecule has 10 heteroatoms. The van der Waals surface area contributed by atoms with Crippen LogP contribution in [0.4, 0.5) is 14.9 Å². The number of amides is 3. The van der Waals surface area contributed by atoms with E-state index in [0.29, 0.717) is 43.5 Å². The maximum absolute atomic E-state index is 13.6. The fourth-order valence-corrected chi connectivity index (χ4v) is 4.11. The van der Waals surface area contributed by atoms with Gasteiger partial charge in [0.2, 0.25) is 5.91 Å². The van der Waals surface area contributed by atoms with Crippen molar-refractivity contribution in [2.75, 3.05) is 58.4 Å². The summed E-state index contributed by atoms with van der Waals surface area (Å²) in [6.45, 7) is 4.15. The molecule has 0 aliphatic carbocycles. The Labute approximate surface area is 221 Å². The number of morpholine rings is 1. The molecule has 0 bridgehead atoms. The van der Waals surface area contributed by atoms with Gasteiger partial charge in [-0.3, -0.25) is 9.69 Å². The maximum atomic E-state index is 13.6. The summed E-state index contributed by atoms with van der Waals surface area (Å²) >= 11 is 0. The van der Waals surface area contributed by atoms with Crippen LogP contribution in [0.25, 0.3) is 0 Å². The van der Waals surface area contributed by atoms with E-state index in [2.05, 4.69) is 10.2 Å². The third kappa shape index (κ3) is 8.06. The van der Waals surface area contributed by atoms with Crippen molar-refractivity contribution in [3.8, 4) is 5.75 Å². The molecule has 4 rings (SSSR count). The molecule has 1 N–H and O–H groups in total. The van der Waals surface area contributed by atoms with Crippen LogP contribution in [0.2, 0.25) is 0 Å². The average Bonchev–Trinajstić information content (AvgIpc) is 3.46. The molecular weight excluding hydrogens is 491 g/mol. The van der Waals surface area contributed by atoms with Gasteiger partial charge in [-0.05, 0) is 54.1 Å². The number of nitrogens with zero attached hydrogens (tertiary/aromatic N) is 3. The number of urea groups is 1. The Bertz CT molecular complexity index is 1150. The number of benzene rings is 2. The first-order valence-electron chi connectivity index (χ1n) is 12.5. The normalized spacial score (nSPS) is 13.6. The van der Waals surface area contributed by atoms with Gasteiger partial charge in [0.05, 0.1) is 33.1 Å². The molecule has 0 unspecified atom stereocenters. The van der Waals surface area contributed by atoms with Gasteiger partial charge in [0, 0.05) is 38.4 Å². The van der Waals surface area contributed by atoms with E-state index in [1.54, 1.807) is 66.8 Å². The standard InChI is InChI=1S/C28H33FN4O5/c1-36-25-10-8-24(9-11-25)30-28(35)32(13-12-31-14-17-37-18-15-31)21-27(34)33(20-26-3-2-16-38-26)19-22-4-6-23(29)7-5-22/h2-11,16H,12-15,17-21H2,1H3,(H,30,35). The minimum atomic E-state index is -0.378. The highest BCUT2D eigenvalue weighted by atomic mass is 19.1. The minimum absolute atomic E-state index is 0.131. The van der Waals surface area contributed by atoms with E-state index in [1.807, 2.05) is 0 Å². The van der Waals surface area contributed by atoms with Crippen molar-refractivity contribution in [3.63, 3.8) is 0 Å². The van der Waals surface area contributed by atoms with Crippen LogP contribution >= 0.6 is 0 Å². The van der Waals surface area contributed by atoms with Gasteiger partial charge in [-0.2, -0.15) is 0 Å². The van der Waals surface area contributed by atoms with Crippen LogP contribution in [0.1, 0.15) is 11.3 Å². The number of methoxy groups -OCH3 is 1. The van der Waals surface area contributed by atoms with Crippen LogP contribution in [0.15, 0.2) is 71.3 Å². The molecule has 1 aliphatic heterocycles. The number of ether oxygens (including phenoxy) is 2. The van der Waals surface area contributed by atoms with Gasteiger partial charge in [0.1, 0.15) is 23.9 Å². The molecule has 202 valence electrons. The molecular formula is C28H33FN4O5. The number of carbonyl (C=O) groups excluding carboxylic acids is 2. The molecule has 1 aliphatic rings. The Morgan fingerprint density at radius 2 is 1.74 bits per heavy atom. The smallest absolute Gasteiger partial charge is 0.322 e. The molecule has 38 heavy (non-hydrogen) atoms. The van der Waals surface area contributed by atoms with Gasteiger partial charge >= 0.3 is 6.03 Å². The third-order valence-electron chi connectivity index (χ3n) is 6.31. The van der Waals surface area contributed by atoms with Gasteiger partial charge in [-0.25, -0.2) is 9.18 Å². The van der Waals surface area contributed by atoms with Crippen molar-refractivity contribution in [2.45, 2.75) is 13.1 Å². The van der Waals surface area contributed by atoms with Gasteiger partial charge in [0.25, 0.3) is 0 Å². The van der Waals surface area contributed by atoms with Crippen LogP contribution in [0.3, 0.4) is 0 Å². The van der Waals surface area contributed by atoms with Crippen LogP contribution in [0, 0.1) is 5.82 Å². The summed E-state index contributed by atoms with van der Waals surface area (Å²) < 4.78 is 29.5.